The predicted molar refractivity (Wildman–Crippen MR) is 176 cm³/mol. The van der Waals surface area contributed by atoms with E-state index in [0.717, 1.165) is 42.5 Å². The van der Waals surface area contributed by atoms with Crippen LogP contribution < -0.4 is 5.32 Å². The number of carbonyl (C=O) groups is 1. The van der Waals surface area contributed by atoms with Gasteiger partial charge in [-0.3, -0.25) is 4.79 Å². The van der Waals surface area contributed by atoms with Gasteiger partial charge in [-0.15, -0.1) is 11.5 Å². The van der Waals surface area contributed by atoms with E-state index < -0.39 is 8.07 Å². The Kier molecular flexibility index (Phi) is 10.1. The van der Waals surface area contributed by atoms with E-state index >= 15 is 0 Å². The molecule has 1 aromatic heterocycles. The number of nitrogens with one attached hydrogen (secondary N) is 1. The van der Waals surface area contributed by atoms with E-state index in [1.807, 2.05) is 43.3 Å². The van der Waals surface area contributed by atoms with Crippen molar-refractivity contribution in [2.24, 2.45) is 5.92 Å². The highest BCUT2D eigenvalue weighted by molar-refractivity contribution is 6.90. The summed E-state index contributed by atoms with van der Waals surface area (Å²) in [5.74, 6) is 3.74. The monoisotopic (exact) mass is 607 g/mol. The molecule has 1 aliphatic rings. The molecule has 0 aliphatic heterocycles. The van der Waals surface area contributed by atoms with Gasteiger partial charge in [-0.25, -0.2) is 4.68 Å². The van der Waals surface area contributed by atoms with Crippen molar-refractivity contribution >= 4 is 37.2 Å². The van der Waals surface area contributed by atoms with E-state index in [1.165, 1.54) is 0 Å². The van der Waals surface area contributed by atoms with E-state index in [9.17, 15) is 4.79 Å². The van der Waals surface area contributed by atoms with Gasteiger partial charge in [0.05, 0.1) is 16.4 Å². The molecule has 0 bridgehead atoms. The topological polar surface area (TPSA) is 46.9 Å². The molecule has 1 saturated carbocycles. The van der Waals surface area contributed by atoms with Gasteiger partial charge in [0.2, 0.25) is 0 Å². The molecule has 3 aromatic rings. The highest BCUT2D eigenvalue weighted by Gasteiger charge is 2.42. The molecule has 1 aliphatic carbocycles. The zero-order valence-electron chi connectivity index (χ0n) is 25.4. The summed E-state index contributed by atoms with van der Waals surface area (Å²) in [5, 5.41) is 9.22. The standard InChI is InChI=1S/C34H43Cl2N3OSi/c1-22(2)41(23(3)4,24(5)6)20-19-26-13-11-12-16-30(26)37-34(40)32-25(7)33(27-14-9-8-10-15-27)39(38-32)31-18-17-28(35)21-29(31)36/h8-10,14-15,17-18,21-24,26,30H,11-13,16H2,1-7H3,(H,37,40). The number of rotatable bonds is 7. The molecule has 1 heterocycles. The minimum atomic E-state index is -1.85. The molecule has 0 saturated heterocycles. The predicted octanol–water partition coefficient (Wildman–Crippen LogP) is 9.66. The molecule has 4 nitrogen and oxygen atoms in total. The number of halogens is 2. The number of aromatic nitrogens is 2. The second kappa shape index (κ2) is 13.2. The maximum absolute atomic E-state index is 13.9. The number of carbonyl (C=O) groups excluding carboxylic acids is 1. The fourth-order valence-corrected chi connectivity index (χ4v) is 12.6. The summed E-state index contributed by atoms with van der Waals surface area (Å²) >= 11 is 12.8. The Morgan fingerprint density at radius 2 is 1.61 bits per heavy atom. The molecular weight excluding hydrogens is 565 g/mol. The van der Waals surface area contributed by atoms with E-state index in [2.05, 4.69) is 58.3 Å². The van der Waals surface area contributed by atoms with Crippen LogP contribution in [0.1, 0.15) is 83.3 Å². The summed E-state index contributed by atoms with van der Waals surface area (Å²) in [4.78, 5) is 13.9. The van der Waals surface area contributed by atoms with Crippen molar-refractivity contribution in [3.8, 4) is 28.4 Å². The second-order valence-corrected chi connectivity index (χ2v) is 18.8. The van der Waals surface area contributed by atoms with Crippen molar-refractivity contribution < 1.29 is 4.79 Å². The van der Waals surface area contributed by atoms with Gasteiger partial charge in [-0.2, -0.15) is 5.10 Å². The van der Waals surface area contributed by atoms with E-state index in [4.69, 9.17) is 28.3 Å². The van der Waals surface area contributed by atoms with Gasteiger partial charge >= 0.3 is 0 Å². The zero-order chi connectivity index (χ0) is 29.9. The van der Waals surface area contributed by atoms with Crippen LogP contribution in [0.5, 0.6) is 0 Å². The summed E-state index contributed by atoms with van der Waals surface area (Å²) in [6, 6.07) is 15.3. The maximum atomic E-state index is 13.9. The van der Waals surface area contributed by atoms with Gasteiger partial charge in [-0.1, -0.05) is 108 Å². The third kappa shape index (κ3) is 6.46. The maximum Gasteiger partial charge on any atom is 0.272 e. The van der Waals surface area contributed by atoms with Crippen LogP contribution in [0, 0.1) is 24.3 Å². The molecule has 2 unspecified atom stereocenters. The lowest BCUT2D eigenvalue weighted by Crippen LogP contribution is -2.45. The SMILES string of the molecule is Cc1c(C(=O)NC2CCCCC2C#C[Si](C(C)C)(C(C)C)C(C)C)nn(-c2ccc(Cl)cc2Cl)c1-c1ccccc1. The van der Waals surface area contributed by atoms with Crippen LogP contribution in [0.4, 0.5) is 0 Å². The second-order valence-electron chi connectivity index (χ2n) is 12.3. The fraction of sp³-hybridized carbons (Fsp3) is 0.471. The van der Waals surface area contributed by atoms with Crippen LogP contribution in [0.15, 0.2) is 48.5 Å². The van der Waals surface area contributed by atoms with Crippen LogP contribution in [0.2, 0.25) is 26.7 Å². The average molecular weight is 609 g/mol. The van der Waals surface area contributed by atoms with Gasteiger partial charge in [0, 0.05) is 28.1 Å². The van der Waals surface area contributed by atoms with E-state index in [1.54, 1.807) is 16.8 Å². The number of amides is 1. The van der Waals surface area contributed by atoms with Crippen molar-refractivity contribution in [1.29, 1.82) is 0 Å². The Morgan fingerprint density at radius 3 is 2.22 bits per heavy atom. The van der Waals surface area contributed by atoms with Gasteiger partial charge in [0.1, 0.15) is 8.07 Å². The summed E-state index contributed by atoms with van der Waals surface area (Å²) in [6.45, 7) is 16.0. The van der Waals surface area contributed by atoms with Crippen LogP contribution in [-0.2, 0) is 0 Å². The molecule has 1 N–H and O–H groups in total. The van der Waals surface area contributed by atoms with Crippen LogP contribution >= 0.6 is 23.2 Å². The highest BCUT2D eigenvalue weighted by atomic mass is 35.5. The van der Waals surface area contributed by atoms with E-state index in [0.29, 0.717) is 38.1 Å². The summed E-state index contributed by atoms with van der Waals surface area (Å²) < 4.78 is 1.77. The van der Waals surface area contributed by atoms with Crippen LogP contribution in [-0.4, -0.2) is 29.8 Å². The van der Waals surface area contributed by atoms with Gasteiger partial charge in [0.15, 0.2) is 5.69 Å². The van der Waals surface area contributed by atoms with Gasteiger partial charge in [0.25, 0.3) is 5.91 Å². The number of benzene rings is 2. The Morgan fingerprint density at radius 1 is 0.976 bits per heavy atom. The summed E-state index contributed by atoms with van der Waals surface area (Å²) in [5.41, 5.74) is 9.33. The molecule has 2 atom stereocenters. The molecule has 218 valence electrons. The Labute approximate surface area is 257 Å². The molecule has 2 aromatic carbocycles. The first kappa shape index (κ1) is 31.4. The molecule has 1 fully saturated rings. The van der Waals surface area contributed by atoms with Crippen LogP contribution in [0.3, 0.4) is 0 Å². The highest BCUT2D eigenvalue weighted by Crippen LogP contribution is 2.41. The molecule has 1 amide bonds. The quantitative estimate of drug-likeness (QED) is 0.214. The lowest BCUT2D eigenvalue weighted by atomic mass is 9.85. The zero-order valence-corrected chi connectivity index (χ0v) is 27.9. The molecule has 4 rings (SSSR count). The number of nitrogens with zero attached hydrogens (tertiary/aromatic N) is 2. The molecule has 7 heteroatoms. The Balaban J connectivity index is 1.70. The minimum absolute atomic E-state index is 0.00535. The van der Waals surface area contributed by atoms with Crippen molar-refractivity contribution in [2.45, 2.75) is 96.8 Å². The number of hydrogen-bond donors (Lipinski definition) is 1. The summed E-state index contributed by atoms with van der Waals surface area (Å²) in [6.07, 6.45) is 4.18. The minimum Gasteiger partial charge on any atom is -0.347 e. The average Bonchev–Trinajstić information content (AvgIpc) is 3.26. The number of hydrogen-bond acceptors (Lipinski definition) is 2. The Hall–Kier alpha value is -2.52. The van der Waals surface area contributed by atoms with Crippen molar-refractivity contribution in [1.82, 2.24) is 15.1 Å². The largest absolute Gasteiger partial charge is 0.347 e. The molecule has 41 heavy (non-hydrogen) atoms. The smallest absolute Gasteiger partial charge is 0.272 e. The lowest BCUT2D eigenvalue weighted by molar-refractivity contribution is 0.0911. The van der Waals surface area contributed by atoms with Crippen molar-refractivity contribution in [2.75, 3.05) is 0 Å². The first-order valence-electron chi connectivity index (χ1n) is 14.9. The first-order chi connectivity index (χ1) is 19.5. The normalized spacial score (nSPS) is 17.6. The van der Waals surface area contributed by atoms with Crippen LogP contribution in [0.25, 0.3) is 16.9 Å². The van der Waals surface area contributed by atoms with E-state index in [-0.39, 0.29) is 17.9 Å². The molecule has 0 spiro atoms. The lowest BCUT2D eigenvalue weighted by Gasteiger charge is -2.38. The van der Waals surface area contributed by atoms with Crippen molar-refractivity contribution in [3.63, 3.8) is 0 Å². The van der Waals surface area contributed by atoms with Gasteiger partial charge in [-0.05, 0) is 54.6 Å². The fourth-order valence-electron chi connectivity index (χ4n) is 6.84. The summed E-state index contributed by atoms with van der Waals surface area (Å²) in [7, 11) is -1.85. The van der Waals surface area contributed by atoms with Gasteiger partial charge < -0.3 is 5.32 Å². The Bertz CT molecular complexity index is 1410. The third-order valence-corrected chi connectivity index (χ3v) is 15.8. The third-order valence-electron chi connectivity index (χ3n) is 8.94. The molecular formula is C34H43Cl2N3OSi. The van der Waals surface area contributed by atoms with Crippen molar-refractivity contribution in [3.05, 3.63) is 69.8 Å². The molecule has 0 radical (unpaired) electrons. The first-order valence-corrected chi connectivity index (χ1v) is 17.9.